The van der Waals surface area contributed by atoms with Crippen LogP contribution in [0, 0.1) is 5.92 Å². The van der Waals surface area contributed by atoms with E-state index in [0.717, 1.165) is 25.7 Å². The van der Waals surface area contributed by atoms with E-state index in [1.165, 1.54) is 52.1 Å². The summed E-state index contributed by atoms with van der Waals surface area (Å²) in [4.78, 5) is 23.9. The molecule has 0 aliphatic heterocycles. The molecule has 0 unspecified atom stereocenters. The van der Waals surface area contributed by atoms with Crippen molar-refractivity contribution in [2.45, 2.75) is 82.5 Å². The smallest absolute Gasteiger partial charge is 0.249 e. The molecular weight excluding hydrogens is 303 g/mol. The Morgan fingerprint density at radius 3 is 2.21 bits per heavy atom. The molecule has 2 fully saturated rings. The van der Waals surface area contributed by atoms with Crippen molar-refractivity contribution >= 4 is 19.2 Å². The van der Waals surface area contributed by atoms with E-state index in [9.17, 15) is 9.59 Å². The molecule has 0 saturated heterocycles. The fourth-order valence-corrected chi connectivity index (χ4v) is 3.87. The zero-order valence-electron chi connectivity index (χ0n) is 15.0. The Hall–Kier alpha value is -1.04. The highest BCUT2D eigenvalue weighted by molar-refractivity contribution is 6.39. The SMILES string of the molecule is COCC(=O)NC1CCC(C(=O)N[B]C2CCCCCCC2)CC1. The zero-order valence-corrected chi connectivity index (χ0v) is 15.0. The van der Waals surface area contributed by atoms with Gasteiger partial charge in [-0.05, 0) is 31.5 Å². The quantitative estimate of drug-likeness (QED) is 0.733. The van der Waals surface area contributed by atoms with Crippen molar-refractivity contribution < 1.29 is 14.3 Å². The molecule has 0 aromatic carbocycles. The third kappa shape index (κ3) is 6.84. The number of amides is 2. The molecule has 0 heterocycles. The number of carbonyl (C=O) groups excluding carboxylic acids is 2. The van der Waals surface area contributed by atoms with Crippen molar-refractivity contribution in [1.29, 1.82) is 0 Å². The van der Waals surface area contributed by atoms with Crippen molar-refractivity contribution in [2.75, 3.05) is 13.7 Å². The summed E-state index contributed by atoms with van der Waals surface area (Å²) in [5.41, 5.74) is 0. The van der Waals surface area contributed by atoms with Crippen LogP contribution in [0.5, 0.6) is 0 Å². The lowest BCUT2D eigenvalue weighted by atomic mass is 9.68. The Labute approximate surface area is 146 Å². The van der Waals surface area contributed by atoms with Crippen LogP contribution in [-0.4, -0.2) is 39.0 Å². The molecule has 2 saturated carbocycles. The molecule has 135 valence electrons. The zero-order chi connectivity index (χ0) is 17.2. The lowest BCUT2D eigenvalue weighted by Gasteiger charge is -2.29. The van der Waals surface area contributed by atoms with Gasteiger partial charge >= 0.3 is 0 Å². The van der Waals surface area contributed by atoms with Crippen molar-refractivity contribution in [3.8, 4) is 0 Å². The van der Waals surface area contributed by atoms with Gasteiger partial charge in [0.25, 0.3) is 0 Å². The summed E-state index contributed by atoms with van der Waals surface area (Å²) < 4.78 is 4.83. The van der Waals surface area contributed by atoms with Gasteiger partial charge in [-0.15, -0.1) is 0 Å². The second kappa shape index (κ2) is 10.8. The molecule has 0 bridgehead atoms. The number of nitrogens with one attached hydrogen (secondary N) is 2. The van der Waals surface area contributed by atoms with Gasteiger partial charge in [-0.3, -0.25) is 9.59 Å². The van der Waals surface area contributed by atoms with E-state index < -0.39 is 0 Å². The van der Waals surface area contributed by atoms with Crippen LogP contribution in [-0.2, 0) is 14.3 Å². The Bertz CT molecular complexity index is 390. The molecule has 1 radical (unpaired) electrons. The van der Waals surface area contributed by atoms with E-state index in [1.54, 1.807) is 0 Å². The fraction of sp³-hybridized carbons (Fsp3) is 0.889. The Morgan fingerprint density at radius 1 is 0.958 bits per heavy atom. The first-order chi connectivity index (χ1) is 11.7. The molecule has 0 aromatic heterocycles. The average molecular weight is 335 g/mol. The van der Waals surface area contributed by atoms with Crippen LogP contribution in [0.25, 0.3) is 0 Å². The number of carbonyl (C=O) groups is 2. The predicted octanol–water partition coefficient (Wildman–Crippen LogP) is 2.58. The van der Waals surface area contributed by atoms with Gasteiger partial charge in [-0.2, -0.15) is 0 Å². The van der Waals surface area contributed by atoms with Gasteiger partial charge in [-0.25, -0.2) is 0 Å². The van der Waals surface area contributed by atoms with Crippen molar-refractivity contribution in [1.82, 2.24) is 10.5 Å². The monoisotopic (exact) mass is 335 g/mol. The Balaban J connectivity index is 1.64. The summed E-state index contributed by atoms with van der Waals surface area (Å²) in [6.45, 7) is 0.108. The number of rotatable bonds is 6. The summed E-state index contributed by atoms with van der Waals surface area (Å²) in [5, 5.41) is 6.05. The van der Waals surface area contributed by atoms with Crippen LogP contribution < -0.4 is 10.5 Å². The molecule has 6 heteroatoms. The minimum Gasteiger partial charge on any atom is -0.403 e. The van der Waals surface area contributed by atoms with Gasteiger partial charge in [0, 0.05) is 19.1 Å². The van der Waals surface area contributed by atoms with Gasteiger partial charge in [0.2, 0.25) is 19.2 Å². The van der Waals surface area contributed by atoms with Gasteiger partial charge in [0.05, 0.1) is 0 Å². The molecule has 2 N–H and O–H groups in total. The first kappa shape index (κ1) is 19.3. The molecule has 2 aliphatic rings. The first-order valence-corrected chi connectivity index (χ1v) is 9.61. The highest BCUT2D eigenvalue weighted by Gasteiger charge is 2.27. The van der Waals surface area contributed by atoms with E-state index >= 15 is 0 Å². The minimum atomic E-state index is -0.0667. The van der Waals surface area contributed by atoms with E-state index in [4.69, 9.17) is 4.74 Å². The first-order valence-electron chi connectivity index (χ1n) is 9.61. The van der Waals surface area contributed by atoms with E-state index in [2.05, 4.69) is 18.0 Å². The number of hydrogen-bond acceptors (Lipinski definition) is 3. The Morgan fingerprint density at radius 2 is 1.58 bits per heavy atom. The van der Waals surface area contributed by atoms with Crippen molar-refractivity contribution in [3.05, 3.63) is 0 Å². The van der Waals surface area contributed by atoms with Crippen LogP contribution in [0.1, 0.15) is 70.6 Å². The normalized spacial score (nSPS) is 26.0. The van der Waals surface area contributed by atoms with Gasteiger partial charge in [0.15, 0.2) is 0 Å². The fourth-order valence-electron chi connectivity index (χ4n) is 3.87. The largest absolute Gasteiger partial charge is 0.403 e. The third-order valence-electron chi connectivity index (χ3n) is 5.35. The van der Waals surface area contributed by atoms with Gasteiger partial charge < -0.3 is 15.3 Å². The maximum atomic E-state index is 12.4. The second-order valence-electron chi connectivity index (χ2n) is 7.33. The second-order valence-corrected chi connectivity index (χ2v) is 7.33. The number of methoxy groups -OCH3 is 1. The highest BCUT2D eigenvalue weighted by Crippen LogP contribution is 2.27. The predicted molar refractivity (Wildman–Crippen MR) is 95.7 cm³/mol. The van der Waals surface area contributed by atoms with Crippen LogP contribution in [0.15, 0.2) is 0 Å². The Kier molecular flexibility index (Phi) is 8.64. The average Bonchev–Trinajstić information content (AvgIpc) is 2.54. The lowest BCUT2D eigenvalue weighted by molar-refractivity contribution is -0.126. The van der Waals surface area contributed by atoms with Crippen LogP contribution in [0.3, 0.4) is 0 Å². The summed E-state index contributed by atoms with van der Waals surface area (Å²) in [5.74, 6) is 0.728. The summed E-state index contributed by atoms with van der Waals surface area (Å²) in [6, 6.07) is 0.186. The van der Waals surface area contributed by atoms with E-state index in [-0.39, 0.29) is 30.4 Å². The molecule has 0 atom stereocenters. The summed E-state index contributed by atoms with van der Waals surface area (Å²) in [7, 11) is 3.58. The molecule has 5 nitrogen and oxygen atoms in total. The van der Waals surface area contributed by atoms with Gasteiger partial charge in [-0.1, -0.05) is 44.9 Å². The third-order valence-corrected chi connectivity index (χ3v) is 5.35. The molecule has 0 spiro atoms. The molecule has 2 rings (SSSR count). The highest BCUT2D eigenvalue weighted by atomic mass is 16.5. The van der Waals surface area contributed by atoms with Gasteiger partial charge in [0.1, 0.15) is 6.61 Å². The van der Waals surface area contributed by atoms with Crippen LogP contribution >= 0.6 is 0 Å². The molecular formula is C18H32BN2O3. The molecule has 0 aromatic rings. The number of hydrogen-bond donors (Lipinski definition) is 2. The molecule has 2 aliphatic carbocycles. The standard InChI is InChI=1S/C18H32BN2O3/c1-24-13-17(22)20-16-11-9-14(10-12-16)18(23)21-19-15-7-5-3-2-4-6-8-15/h14-16H,2-13H2,1H3,(H,20,22)(H,21,23). The van der Waals surface area contributed by atoms with Crippen molar-refractivity contribution in [3.63, 3.8) is 0 Å². The van der Waals surface area contributed by atoms with Crippen LogP contribution in [0.2, 0.25) is 5.82 Å². The lowest BCUT2D eigenvalue weighted by Crippen LogP contribution is -2.43. The maximum Gasteiger partial charge on any atom is 0.249 e. The minimum absolute atomic E-state index is 0.0667. The van der Waals surface area contributed by atoms with E-state index in [1.807, 2.05) is 0 Å². The summed E-state index contributed by atoms with van der Waals surface area (Å²) in [6.07, 6.45) is 12.4. The summed E-state index contributed by atoms with van der Waals surface area (Å²) >= 11 is 0. The molecule has 24 heavy (non-hydrogen) atoms. The van der Waals surface area contributed by atoms with Crippen molar-refractivity contribution in [2.24, 2.45) is 5.92 Å². The topological polar surface area (TPSA) is 67.4 Å². The maximum absolute atomic E-state index is 12.4. The number of ether oxygens (including phenoxy) is 1. The molecule has 2 amide bonds. The van der Waals surface area contributed by atoms with Crippen LogP contribution in [0.4, 0.5) is 0 Å². The van der Waals surface area contributed by atoms with E-state index in [0.29, 0.717) is 5.82 Å².